The third kappa shape index (κ3) is 6.36. The van der Waals surface area contributed by atoms with E-state index in [1.54, 1.807) is 48.5 Å². The average molecular weight is 685 g/mol. The third-order valence-electron chi connectivity index (χ3n) is 9.94. The molecule has 10 heteroatoms. The Hall–Kier alpha value is -6.16. The van der Waals surface area contributed by atoms with Crippen molar-refractivity contribution in [3.8, 4) is 22.3 Å². The van der Waals surface area contributed by atoms with Crippen molar-refractivity contribution in [2.75, 3.05) is 0 Å². The van der Waals surface area contributed by atoms with E-state index in [0.29, 0.717) is 30.4 Å². The molecule has 0 atom stereocenters. The monoisotopic (exact) mass is 684 g/mol. The molecule has 6 rings (SSSR count). The number of aromatic amines is 2. The van der Waals surface area contributed by atoms with E-state index in [9.17, 15) is 29.4 Å². The van der Waals surface area contributed by atoms with Crippen LogP contribution >= 0.6 is 0 Å². The lowest BCUT2D eigenvalue weighted by Crippen LogP contribution is -2.15. The topological polar surface area (TPSA) is 164 Å². The Kier molecular flexibility index (Phi) is 9.27. The molecule has 0 bridgehead atoms. The lowest BCUT2D eigenvalue weighted by molar-refractivity contribution is -0.117. The van der Waals surface area contributed by atoms with Crippen molar-refractivity contribution < 1.29 is 29.4 Å². The van der Waals surface area contributed by atoms with Crippen LogP contribution in [0.2, 0.25) is 0 Å². The first-order valence-corrected chi connectivity index (χ1v) is 16.9. The maximum absolute atomic E-state index is 12.6. The van der Waals surface area contributed by atoms with Crippen molar-refractivity contribution in [3.63, 3.8) is 0 Å². The van der Waals surface area contributed by atoms with Gasteiger partial charge in [0.1, 0.15) is 0 Å². The van der Waals surface area contributed by atoms with E-state index in [0.717, 1.165) is 78.7 Å². The molecule has 2 aromatic heterocycles. The second-order valence-electron chi connectivity index (χ2n) is 12.9. The molecule has 2 amide bonds. The number of H-pyrrole nitrogens is 2. The fourth-order valence-electron chi connectivity index (χ4n) is 7.14. The van der Waals surface area contributed by atoms with Crippen LogP contribution in [0.4, 0.5) is 0 Å². The van der Waals surface area contributed by atoms with Crippen LogP contribution in [0.5, 0.6) is 0 Å². The number of amides is 2. The first-order valence-electron chi connectivity index (χ1n) is 16.9. The van der Waals surface area contributed by atoms with Gasteiger partial charge in [-0.2, -0.15) is 0 Å². The molecule has 0 saturated carbocycles. The molecule has 4 heterocycles. The van der Waals surface area contributed by atoms with Crippen molar-refractivity contribution in [2.24, 2.45) is 0 Å². The number of rotatable bonds is 10. The zero-order valence-corrected chi connectivity index (χ0v) is 29.4. The van der Waals surface area contributed by atoms with Gasteiger partial charge in [-0.25, -0.2) is 9.59 Å². The highest BCUT2D eigenvalue weighted by molar-refractivity contribution is 6.02. The van der Waals surface area contributed by atoms with Crippen LogP contribution in [0, 0.1) is 13.8 Å². The molecule has 0 radical (unpaired) electrons. The van der Waals surface area contributed by atoms with Gasteiger partial charge >= 0.3 is 11.9 Å². The number of aromatic nitrogens is 2. The molecule has 6 N–H and O–H groups in total. The molecule has 2 aliphatic heterocycles. The standard InChI is InChI=1S/C41H40N4O6/c1-7-28-20(3)38(46)44-32(28)17-30-22(5)36(24-9-13-26(14-10-24)40(48)49)34(42-30)19-35-37(25-11-15-27(16-12-25)41(50)51)23(6)31(43-35)18-33-29(8-2)21(4)39(47)45-33/h9-18,42-43H,7-8,19H2,1-6H3,(H,44,46)(H,45,47)(H,48,49)(H,50,51)/b32-17-,33-18+. The molecule has 0 fully saturated rings. The predicted octanol–water partition coefficient (Wildman–Crippen LogP) is 7.68. The summed E-state index contributed by atoms with van der Waals surface area (Å²) in [6.07, 6.45) is 5.67. The fourth-order valence-corrected chi connectivity index (χ4v) is 7.14. The van der Waals surface area contributed by atoms with Gasteiger partial charge in [-0.3, -0.25) is 9.59 Å². The van der Waals surface area contributed by atoms with Gasteiger partial charge in [-0.1, -0.05) is 38.1 Å². The molecule has 51 heavy (non-hydrogen) atoms. The van der Waals surface area contributed by atoms with Gasteiger partial charge in [0, 0.05) is 62.9 Å². The summed E-state index contributed by atoms with van der Waals surface area (Å²) >= 11 is 0. The number of carbonyl (C=O) groups is 4. The lowest BCUT2D eigenvalue weighted by Gasteiger charge is -2.10. The number of carboxylic acids is 2. The van der Waals surface area contributed by atoms with Crippen LogP contribution < -0.4 is 10.6 Å². The van der Waals surface area contributed by atoms with Crippen LogP contribution in [0.1, 0.15) is 95.2 Å². The maximum Gasteiger partial charge on any atom is 0.335 e. The van der Waals surface area contributed by atoms with Gasteiger partial charge < -0.3 is 30.8 Å². The number of carbonyl (C=O) groups excluding carboxylic acids is 2. The zero-order valence-electron chi connectivity index (χ0n) is 29.4. The van der Waals surface area contributed by atoms with E-state index in [-0.39, 0.29) is 22.9 Å². The van der Waals surface area contributed by atoms with Gasteiger partial charge in [0.05, 0.1) is 11.1 Å². The van der Waals surface area contributed by atoms with Crippen LogP contribution in [0.25, 0.3) is 34.4 Å². The normalized spacial score (nSPS) is 16.1. The average Bonchev–Trinajstić information content (AvgIpc) is 3.76. The highest BCUT2D eigenvalue weighted by atomic mass is 16.4. The Morgan fingerprint density at radius 1 is 0.608 bits per heavy atom. The van der Waals surface area contributed by atoms with Crippen molar-refractivity contribution in [1.82, 2.24) is 20.6 Å². The first kappa shape index (κ1) is 34.7. The zero-order chi connectivity index (χ0) is 36.7. The van der Waals surface area contributed by atoms with Gasteiger partial charge in [0.15, 0.2) is 0 Å². The summed E-state index contributed by atoms with van der Waals surface area (Å²) < 4.78 is 0. The molecule has 0 saturated heterocycles. The second kappa shape index (κ2) is 13.6. The molecular weight excluding hydrogens is 644 g/mol. The molecule has 4 aromatic rings. The van der Waals surface area contributed by atoms with E-state index in [1.807, 2.05) is 53.7 Å². The Balaban J connectivity index is 1.54. The highest BCUT2D eigenvalue weighted by Crippen LogP contribution is 2.38. The van der Waals surface area contributed by atoms with Gasteiger partial charge in [-0.05, 0) is 110 Å². The summed E-state index contributed by atoms with van der Waals surface area (Å²) in [7, 11) is 0. The summed E-state index contributed by atoms with van der Waals surface area (Å²) in [4.78, 5) is 55.8. The maximum atomic E-state index is 12.6. The Morgan fingerprint density at radius 2 is 0.961 bits per heavy atom. The molecule has 2 aliphatic rings. The summed E-state index contributed by atoms with van der Waals surface area (Å²) in [5, 5.41) is 25.1. The molecule has 10 nitrogen and oxygen atoms in total. The minimum Gasteiger partial charge on any atom is -0.478 e. The minimum atomic E-state index is -1.01. The van der Waals surface area contributed by atoms with Crippen LogP contribution in [-0.4, -0.2) is 43.9 Å². The van der Waals surface area contributed by atoms with Gasteiger partial charge in [0.25, 0.3) is 11.8 Å². The molecule has 2 aromatic carbocycles. The lowest BCUT2D eigenvalue weighted by atomic mass is 9.94. The minimum absolute atomic E-state index is 0.121. The molecule has 0 aliphatic carbocycles. The number of benzene rings is 2. The van der Waals surface area contributed by atoms with Crippen LogP contribution in [0.3, 0.4) is 0 Å². The Bertz CT molecular complexity index is 2100. The van der Waals surface area contributed by atoms with Gasteiger partial charge in [-0.15, -0.1) is 0 Å². The fraction of sp³-hybridized carbons (Fsp3) is 0.220. The first-order chi connectivity index (χ1) is 24.3. The SMILES string of the molecule is CCC1=C(C)C(=O)N/C1=C\c1[nH]c(Cc2[nH]c(/C=C3/NC(=O)C(C)=C3CC)c(C)c2-c2ccc(C(=O)O)cc2)c(-c2ccc(C(=O)O)cc2)c1C. The number of nitrogens with one attached hydrogen (secondary N) is 4. The molecule has 0 spiro atoms. The van der Waals surface area contributed by atoms with E-state index < -0.39 is 11.9 Å². The number of hydrogen-bond acceptors (Lipinski definition) is 4. The van der Waals surface area contributed by atoms with E-state index in [1.165, 1.54) is 0 Å². The molecule has 260 valence electrons. The highest BCUT2D eigenvalue weighted by Gasteiger charge is 2.26. The van der Waals surface area contributed by atoms with Crippen molar-refractivity contribution in [2.45, 2.75) is 60.8 Å². The van der Waals surface area contributed by atoms with Crippen molar-refractivity contribution in [1.29, 1.82) is 0 Å². The molecule has 0 unspecified atom stereocenters. The van der Waals surface area contributed by atoms with Gasteiger partial charge in [0.2, 0.25) is 0 Å². The second-order valence-corrected chi connectivity index (χ2v) is 12.9. The van der Waals surface area contributed by atoms with E-state index >= 15 is 0 Å². The summed E-state index contributed by atoms with van der Waals surface area (Å²) in [6, 6.07) is 13.5. The van der Waals surface area contributed by atoms with Crippen molar-refractivity contribution in [3.05, 3.63) is 127 Å². The number of allylic oxidation sites excluding steroid dienone is 2. The summed E-state index contributed by atoms with van der Waals surface area (Å²) in [6.45, 7) is 11.7. The van der Waals surface area contributed by atoms with E-state index in [4.69, 9.17) is 0 Å². The predicted molar refractivity (Wildman–Crippen MR) is 197 cm³/mol. The smallest absolute Gasteiger partial charge is 0.335 e. The Morgan fingerprint density at radius 3 is 1.27 bits per heavy atom. The quantitative estimate of drug-likeness (QED) is 0.100. The number of hydrogen-bond donors (Lipinski definition) is 6. The third-order valence-corrected chi connectivity index (χ3v) is 9.94. The Labute approximate surface area is 295 Å². The van der Waals surface area contributed by atoms with Crippen LogP contribution in [0.15, 0.2) is 82.2 Å². The largest absolute Gasteiger partial charge is 0.478 e. The van der Waals surface area contributed by atoms with Crippen LogP contribution in [-0.2, 0) is 16.0 Å². The number of carboxylic acid groups (broad SMARTS) is 2. The van der Waals surface area contributed by atoms with E-state index in [2.05, 4.69) is 20.6 Å². The summed E-state index contributed by atoms with van der Waals surface area (Å²) in [5.74, 6) is -2.27. The summed E-state index contributed by atoms with van der Waals surface area (Å²) in [5.41, 5.74) is 13.7. The number of aromatic carboxylic acids is 2. The van der Waals surface area contributed by atoms with Crippen molar-refractivity contribution >= 4 is 35.9 Å². The molecular formula is C41H40N4O6.